The van der Waals surface area contributed by atoms with Gasteiger partial charge in [0, 0.05) is 22.3 Å². The van der Waals surface area contributed by atoms with Crippen LogP contribution in [0.1, 0.15) is 40.5 Å². The summed E-state index contributed by atoms with van der Waals surface area (Å²) < 4.78 is 5.36. The SMILES string of the molecule is CC1=C(CCC2OC[C@@H](O[N+](=O)[O-])[C@H]2O[N+](=O)[O-])C(=O)c2ccccc2C1=O. The monoisotopic (exact) mass is 392 g/mol. The highest BCUT2D eigenvalue weighted by Gasteiger charge is 2.43. The van der Waals surface area contributed by atoms with Crippen molar-refractivity contribution in [3.05, 3.63) is 66.8 Å². The topological polar surface area (TPSA) is 148 Å². The van der Waals surface area contributed by atoms with E-state index in [1.54, 1.807) is 31.2 Å². The molecular weight excluding hydrogens is 376 g/mol. The van der Waals surface area contributed by atoms with Crippen molar-refractivity contribution in [3.63, 3.8) is 0 Å². The van der Waals surface area contributed by atoms with Gasteiger partial charge in [0.15, 0.2) is 23.8 Å². The minimum atomic E-state index is -1.32. The van der Waals surface area contributed by atoms with Crippen molar-refractivity contribution < 1.29 is 34.2 Å². The number of fused-ring (bicyclic) bond motifs is 1. The maximum atomic E-state index is 12.7. The molecule has 0 spiro atoms. The van der Waals surface area contributed by atoms with Crippen LogP contribution in [0.25, 0.3) is 0 Å². The maximum absolute atomic E-state index is 12.7. The molecule has 1 saturated heterocycles. The number of hydrogen-bond donors (Lipinski definition) is 0. The first-order valence-electron chi connectivity index (χ1n) is 8.41. The van der Waals surface area contributed by atoms with Crippen LogP contribution in [0.5, 0.6) is 0 Å². The molecule has 28 heavy (non-hydrogen) atoms. The minimum absolute atomic E-state index is 0.0872. The Morgan fingerprint density at radius 1 is 1.07 bits per heavy atom. The van der Waals surface area contributed by atoms with Crippen LogP contribution in [0.3, 0.4) is 0 Å². The maximum Gasteiger partial charge on any atom is 0.294 e. The van der Waals surface area contributed by atoms with Gasteiger partial charge in [-0.3, -0.25) is 9.59 Å². The molecule has 1 fully saturated rings. The van der Waals surface area contributed by atoms with E-state index in [1.807, 2.05) is 0 Å². The third-order valence-corrected chi connectivity index (χ3v) is 4.80. The number of nitrogens with zero attached hydrogens (tertiary/aromatic N) is 2. The first-order valence-corrected chi connectivity index (χ1v) is 8.41. The van der Waals surface area contributed by atoms with Crippen molar-refractivity contribution in [1.82, 2.24) is 0 Å². The zero-order valence-electron chi connectivity index (χ0n) is 14.7. The molecule has 1 aromatic carbocycles. The molecule has 1 aromatic rings. The standard InChI is InChI=1S/C17H16N2O9/c1-9-10(16(21)12-5-3-2-4-11(12)15(9)20)6-7-13-17(28-19(24)25)14(8-26-13)27-18(22)23/h2-5,13-14,17H,6-8H2,1H3/t13?,14-,17+/m1/s1. The molecule has 11 nitrogen and oxygen atoms in total. The van der Waals surface area contributed by atoms with Crippen molar-refractivity contribution in [1.29, 1.82) is 0 Å². The number of ketones is 2. The highest BCUT2D eigenvalue weighted by atomic mass is 17.0. The molecule has 148 valence electrons. The lowest BCUT2D eigenvalue weighted by molar-refractivity contribution is -0.797. The van der Waals surface area contributed by atoms with E-state index in [0.717, 1.165) is 0 Å². The van der Waals surface area contributed by atoms with Crippen LogP contribution in [0.15, 0.2) is 35.4 Å². The van der Waals surface area contributed by atoms with Crippen LogP contribution in [0.2, 0.25) is 0 Å². The summed E-state index contributed by atoms with van der Waals surface area (Å²) in [5.41, 5.74) is 1.21. The van der Waals surface area contributed by atoms with E-state index < -0.39 is 28.5 Å². The second-order valence-electron chi connectivity index (χ2n) is 6.38. The van der Waals surface area contributed by atoms with Gasteiger partial charge in [-0.05, 0) is 19.8 Å². The van der Waals surface area contributed by atoms with Crippen LogP contribution in [-0.2, 0) is 14.4 Å². The quantitative estimate of drug-likeness (QED) is 0.499. The van der Waals surface area contributed by atoms with Gasteiger partial charge in [0.2, 0.25) is 0 Å². The highest BCUT2D eigenvalue weighted by molar-refractivity contribution is 6.26. The van der Waals surface area contributed by atoms with Crippen LogP contribution in [-0.4, -0.2) is 46.7 Å². The first-order chi connectivity index (χ1) is 13.3. The minimum Gasteiger partial charge on any atom is -0.373 e. The van der Waals surface area contributed by atoms with Crippen LogP contribution in [0.4, 0.5) is 0 Å². The van der Waals surface area contributed by atoms with Crippen LogP contribution < -0.4 is 0 Å². The normalized spacial score (nSPS) is 24.1. The van der Waals surface area contributed by atoms with Gasteiger partial charge < -0.3 is 14.4 Å². The summed E-state index contributed by atoms with van der Waals surface area (Å²) in [6.07, 6.45) is -3.30. The van der Waals surface area contributed by atoms with Crippen molar-refractivity contribution in [2.45, 2.75) is 38.1 Å². The molecule has 0 radical (unpaired) electrons. The number of rotatable bonds is 7. The lowest BCUT2D eigenvalue weighted by Crippen LogP contribution is -2.38. The summed E-state index contributed by atoms with van der Waals surface area (Å²) in [4.78, 5) is 55.4. The van der Waals surface area contributed by atoms with E-state index in [9.17, 15) is 29.8 Å². The van der Waals surface area contributed by atoms with Gasteiger partial charge in [0.1, 0.15) is 0 Å². The Hall–Kier alpha value is -3.34. The van der Waals surface area contributed by atoms with E-state index >= 15 is 0 Å². The van der Waals surface area contributed by atoms with E-state index in [4.69, 9.17) is 4.74 Å². The number of benzene rings is 1. The van der Waals surface area contributed by atoms with Crippen LogP contribution >= 0.6 is 0 Å². The van der Waals surface area contributed by atoms with Gasteiger partial charge >= 0.3 is 0 Å². The predicted molar refractivity (Wildman–Crippen MR) is 90.5 cm³/mol. The van der Waals surface area contributed by atoms with Gasteiger partial charge in [0.05, 0.1) is 12.7 Å². The van der Waals surface area contributed by atoms with Gasteiger partial charge in [-0.2, -0.15) is 0 Å². The number of Topliss-reactive ketones (excluding diaryl/α,β-unsaturated/α-hetero) is 2. The van der Waals surface area contributed by atoms with Crippen molar-refractivity contribution in [2.75, 3.05) is 6.61 Å². The smallest absolute Gasteiger partial charge is 0.294 e. The van der Waals surface area contributed by atoms with Crippen molar-refractivity contribution in [2.24, 2.45) is 0 Å². The zero-order valence-corrected chi connectivity index (χ0v) is 14.7. The Morgan fingerprint density at radius 2 is 1.68 bits per heavy atom. The second-order valence-corrected chi connectivity index (χ2v) is 6.38. The molecule has 0 N–H and O–H groups in total. The van der Waals surface area contributed by atoms with E-state index in [0.29, 0.717) is 16.7 Å². The van der Waals surface area contributed by atoms with Gasteiger partial charge in [-0.1, -0.05) is 24.3 Å². The Morgan fingerprint density at radius 3 is 2.29 bits per heavy atom. The average Bonchev–Trinajstić information content (AvgIpc) is 3.00. The highest BCUT2D eigenvalue weighted by Crippen LogP contribution is 2.31. The summed E-state index contributed by atoms with van der Waals surface area (Å²) >= 11 is 0. The first kappa shape index (κ1) is 19.4. The lowest BCUT2D eigenvalue weighted by atomic mass is 9.82. The summed E-state index contributed by atoms with van der Waals surface area (Å²) in [6.45, 7) is 1.28. The fourth-order valence-corrected chi connectivity index (χ4v) is 3.47. The summed E-state index contributed by atoms with van der Waals surface area (Å²) in [6, 6.07) is 6.47. The molecule has 1 heterocycles. The van der Waals surface area contributed by atoms with Gasteiger partial charge in [0.25, 0.3) is 10.2 Å². The second kappa shape index (κ2) is 7.72. The van der Waals surface area contributed by atoms with Crippen LogP contribution in [0, 0.1) is 20.2 Å². The number of hydrogen-bond acceptors (Lipinski definition) is 9. The third-order valence-electron chi connectivity index (χ3n) is 4.80. The van der Waals surface area contributed by atoms with E-state index in [2.05, 4.69) is 9.68 Å². The lowest BCUT2D eigenvalue weighted by Gasteiger charge is -2.22. The van der Waals surface area contributed by atoms with E-state index in [-0.39, 0.29) is 36.6 Å². The Balaban J connectivity index is 1.76. The van der Waals surface area contributed by atoms with Crippen molar-refractivity contribution >= 4 is 11.6 Å². The Labute approximate surface area is 158 Å². The number of ether oxygens (including phenoxy) is 1. The van der Waals surface area contributed by atoms with E-state index in [1.165, 1.54) is 0 Å². The molecule has 0 saturated carbocycles. The largest absolute Gasteiger partial charge is 0.373 e. The molecule has 2 aliphatic rings. The van der Waals surface area contributed by atoms with Gasteiger partial charge in [-0.15, -0.1) is 20.2 Å². The zero-order chi connectivity index (χ0) is 20.4. The molecule has 0 bridgehead atoms. The molecule has 0 amide bonds. The summed E-state index contributed by atoms with van der Waals surface area (Å²) in [5.74, 6) is -0.555. The molecule has 1 unspecified atom stereocenters. The molecular formula is C17H16N2O9. The Bertz CT molecular complexity index is 879. The fraction of sp³-hybridized carbons (Fsp3) is 0.412. The van der Waals surface area contributed by atoms with Gasteiger partial charge in [-0.25, -0.2) is 0 Å². The fourth-order valence-electron chi connectivity index (χ4n) is 3.47. The molecule has 1 aliphatic heterocycles. The predicted octanol–water partition coefficient (Wildman–Crippen LogP) is 1.71. The number of carbonyl (C=O) groups is 2. The molecule has 0 aromatic heterocycles. The van der Waals surface area contributed by atoms with Crippen molar-refractivity contribution in [3.8, 4) is 0 Å². The Kier molecular flexibility index (Phi) is 5.36. The molecule has 11 heteroatoms. The molecule has 3 rings (SSSR count). The average molecular weight is 392 g/mol. The number of carbonyl (C=O) groups excluding carboxylic acids is 2. The molecule has 3 atom stereocenters. The number of allylic oxidation sites excluding steroid dienone is 2. The summed E-state index contributed by atoms with van der Waals surface area (Å²) in [7, 11) is 0. The summed E-state index contributed by atoms with van der Waals surface area (Å²) in [5, 5.41) is 19.1. The third kappa shape index (κ3) is 3.69. The molecule has 1 aliphatic carbocycles.